The van der Waals surface area contributed by atoms with Gasteiger partial charge in [0.1, 0.15) is 34.8 Å². The van der Waals surface area contributed by atoms with Crippen LogP contribution >= 0.6 is 34.8 Å². The van der Waals surface area contributed by atoms with E-state index in [1.165, 1.54) is 30.3 Å². The summed E-state index contributed by atoms with van der Waals surface area (Å²) in [5.41, 5.74) is 41.6. The lowest BCUT2D eigenvalue weighted by Gasteiger charge is -2.11. The number of hydrogen-bond donors (Lipinski definition) is 16. The number of carbonyl (C=O) groups excluding carboxylic acids is 16. The average molecular weight is 2150 g/mol. The maximum absolute atomic E-state index is 13.1. The molecular formula is C92H99Cl3F18N16O17. The van der Waals surface area contributed by atoms with Crippen molar-refractivity contribution in [2.75, 3.05) is 52.4 Å². The van der Waals surface area contributed by atoms with Gasteiger partial charge in [0.25, 0.3) is 35.4 Å². The van der Waals surface area contributed by atoms with Crippen molar-refractivity contribution in [1.29, 1.82) is 0 Å². The van der Waals surface area contributed by atoms with Crippen LogP contribution in [0.15, 0.2) is 158 Å². The molecule has 146 heavy (non-hydrogen) atoms. The average Bonchev–Trinajstić information content (AvgIpc) is 0.834. The van der Waals surface area contributed by atoms with Gasteiger partial charge in [0.2, 0.25) is 46.5 Å². The summed E-state index contributed by atoms with van der Waals surface area (Å²) in [5.74, 6) is -14.2. The van der Waals surface area contributed by atoms with Crippen LogP contribution in [0.2, 0.25) is 15.1 Å². The van der Waals surface area contributed by atoms with Crippen LogP contribution in [0.5, 0.6) is 5.75 Å². The Morgan fingerprint density at radius 3 is 0.863 bits per heavy atom. The highest BCUT2D eigenvalue weighted by molar-refractivity contribution is 6.39. The molecule has 24 N–H and O–H groups in total. The lowest BCUT2D eigenvalue weighted by molar-refractivity contribution is -0.274. The number of ketones is 8. The van der Waals surface area contributed by atoms with E-state index in [0.717, 1.165) is 76.3 Å². The number of ether oxygens (including phenoxy) is 1. The fourth-order valence-electron chi connectivity index (χ4n) is 10.4. The molecule has 0 heterocycles. The van der Waals surface area contributed by atoms with Gasteiger partial charge in [-0.15, -0.1) is 13.2 Å². The van der Waals surface area contributed by atoms with Gasteiger partial charge in [-0.1, -0.05) is 119 Å². The number of alkyl halides is 15. The molecule has 0 unspecified atom stereocenters. The second-order valence-corrected chi connectivity index (χ2v) is 30.7. The zero-order chi connectivity index (χ0) is 111. The molecule has 796 valence electrons. The van der Waals surface area contributed by atoms with E-state index in [4.69, 9.17) is 80.7 Å². The Hall–Kier alpha value is -14.0. The summed E-state index contributed by atoms with van der Waals surface area (Å²) >= 11 is 16.7. The van der Waals surface area contributed by atoms with E-state index in [2.05, 4.69) is 47.3 Å². The number of carbonyl (C=O) groups is 16. The smallest absolute Gasteiger partial charge is 0.406 e. The van der Waals surface area contributed by atoms with Crippen molar-refractivity contribution in [3.63, 3.8) is 0 Å². The van der Waals surface area contributed by atoms with Gasteiger partial charge in [0.15, 0.2) is 0 Å². The van der Waals surface area contributed by atoms with Crippen LogP contribution in [-0.4, -0.2) is 152 Å². The van der Waals surface area contributed by atoms with Crippen molar-refractivity contribution in [2.24, 2.45) is 45.9 Å². The minimum atomic E-state index is -4.82. The summed E-state index contributed by atoms with van der Waals surface area (Å²) < 4.78 is 229. The van der Waals surface area contributed by atoms with Gasteiger partial charge in [0, 0.05) is 83.1 Å². The minimum Gasteiger partial charge on any atom is -0.406 e. The Morgan fingerprint density at radius 1 is 0.281 bits per heavy atom. The highest BCUT2D eigenvalue weighted by Gasteiger charge is 2.38. The largest absolute Gasteiger partial charge is 0.573 e. The molecule has 0 radical (unpaired) electrons. The first-order valence-electron chi connectivity index (χ1n) is 41.9. The fourth-order valence-corrected chi connectivity index (χ4v) is 11.0. The summed E-state index contributed by atoms with van der Waals surface area (Å²) in [6.07, 6.45) is -23.7. The summed E-state index contributed by atoms with van der Waals surface area (Å²) in [6.45, 7) is 2.92. The van der Waals surface area contributed by atoms with E-state index < -0.39 is 182 Å². The number of rotatable bonds is 37. The molecular weight excluding hydrogens is 2050 g/mol. The number of aryl methyl sites for hydroxylation is 3. The van der Waals surface area contributed by atoms with E-state index in [1.54, 1.807) is 31.2 Å². The molecule has 8 aromatic carbocycles. The first-order chi connectivity index (χ1) is 68.0. The van der Waals surface area contributed by atoms with Crippen molar-refractivity contribution in [3.8, 4) is 5.75 Å². The Balaban J connectivity index is 0.000000836. The minimum absolute atomic E-state index is 0.0107. The van der Waals surface area contributed by atoms with Gasteiger partial charge >= 0.3 is 31.1 Å². The van der Waals surface area contributed by atoms with Gasteiger partial charge in [-0.3, -0.25) is 76.7 Å². The number of hydrogen-bond acceptors (Lipinski definition) is 25. The highest BCUT2D eigenvalue weighted by Crippen LogP contribution is 2.38. The second kappa shape index (κ2) is 64.7. The monoisotopic (exact) mass is 2150 g/mol. The van der Waals surface area contributed by atoms with E-state index >= 15 is 0 Å². The highest BCUT2D eigenvalue weighted by atomic mass is 35.5. The molecule has 33 nitrogen and oxygen atoms in total. The molecule has 0 bridgehead atoms. The molecule has 54 heteroatoms. The second-order valence-electron chi connectivity index (χ2n) is 29.5. The predicted octanol–water partition coefficient (Wildman–Crippen LogP) is 8.48. The number of amides is 8. The van der Waals surface area contributed by atoms with Crippen LogP contribution in [0, 0.1) is 38.2 Å². The van der Waals surface area contributed by atoms with Crippen molar-refractivity contribution >= 4 is 128 Å². The van der Waals surface area contributed by atoms with Crippen LogP contribution in [0.1, 0.15) is 109 Å². The van der Waals surface area contributed by atoms with E-state index in [9.17, 15) is 156 Å². The van der Waals surface area contributed by atoms with Crippen LogP contribution < -0.4 is 93.1 Å². The van der Waals surface area contributed by atoms with E-state index in [-0.39, 0.29) is 137 Å². The van der Waals surface area contributed by atoms with Crippen molar-refractivity contribution in [3.05, 3.63) is 274 Å². The third-order valence-electron chi connectivity index (χ3n) is 18.2. The molecule has 0 aliphatic carbocycles. The van der Waals surface area contributed by atoms with Gasteiger partial charge in [-0.05, 0) is 155 Å². The number of Topliss-reactive ketones (excluding diaryl/α,β-unsaturated/α-hetero) is 8. The molecule has 0 aromatic heterocycles. The van der Waals surface area contributed by atoms with Crippen LogP contribution in [0.25, 0.3) is 0 Å². The SMILES string of the molecule is Cc1cc(CNC(=O)C(=O)CN)ccc1F.Cc1cc(Cl)ccc1CNC(=O)C(=O)CN.Cc1ccc(CNC(=O)C(=O)CN)cc1.NCC(=O)C(=O)NCc1ccc(Cl)c(C(F)(F)F)c1.NCC(=O)C(=O)NCc1ccc(F)c(C(F)(F)F)c1.NCC(=O)C(=O)NCc1cccc(OC(F)(F)F)c1.NCC(=O)CCC(=O)NCc1ccc(Cl)c(C(F)(F)F)c1.NCC(=O)CCC(=O)NCc1ccc(F)c(C(F)(F)F)c1. The molecule has 0 saturated heterocycles. The summed E-state index contributed by atoms with van der Waals surface area (Å²) in [4.78, 5) is 176. The Morgan fingerprint density at radius 2 is 0.562 bits per heavy atom. The van der Waals surface area contributed by atoms with Crippen LogP contribution in [0.4, 0.5) is 79.0 Å². The lowest BCUT2D eigenvalue weighted by atomic mass is 10.1. The zero-order valence-electron chi connectivity index (χ0n) is 77.1. The van der Waals surface area contributed by atoms with Crippen LogP contribution in [-0.2, 0) is 154 Å². The summed E-state index contributed by atoms with van der Waals surface area (Å²) in [6, 6.07) is 34.0. The lowest BCUT2D eigenvalue weighted by Crippen LogP contribution is -2.34. The summed E-state index contributed by atoms with van der Waals surface area (Å²) in [5, 5.41) is 18.5. The first-order valence-corrected chi connectivity index (χ1v) is 43.0. The van der Waals surface area contributed by atoms with Gasteiger partial charge < -0.3 is 93.1 Å². The molecule has 0 atom stereocenters. The third-order valence-corrected chi connectivity index (χ3v) is 19.1. The Labute approximate surface area is 835 Å². The molecule has 0 fully saturated rings. The quantitative estimate of drug-likeness (QED) is 0.0128. The van der Waals surface area contributed by atoms with Gasteiger partial charge in [-0.25, -0.2) is 13.2 Å². The van der Waals surface area contributed by atoms with Gasteiger partial charge in [-0.2, -0.15) is 52.7 Å². The fraction of sp³-hybridized carbons (Fsp3) is 0.304. The predicted molar refractivity (Wildman–Crippen MR) is 493 cm³/mol. The number of nitrogens with two attached hydrogens (primary N) is 8. The first kappa shape index (κ1) is 130. The molecule has 0 aliphatic rings. The Kier molecular flexibility index (Phi) is 57.6. The molecule has 0 spiro atoms. The topological polar surface area (TPSA) is 587 Å². The van der Waals surface area contributed by atoms with Crippen molar-refractivity contribution < 1.29 is 160 Å². The molecule has 8 aromatic rings. The Bertz CT molecular complexity index is 5640. The number of nitrogens with one attached hydrogen (secondary N) is 8. The molecule has 0 aliphatic heterocycles. The number of benzene rings is 8. The molecule has 8 rings (SSSR count). The third kappa shape index (κ3) is 52.5. The van der Waals surface area contributed by atoms with Crippen molar-refractivity contribution in [2.45, 2.75) is 130 Å². The van der Waals surface area contributed by atoms with Crippen molar-refractivity contribution in [1.82, 2.24) is 42.5 Å². The maximum Gasteiger partial charge on any atom is 0.573 e. The van der Waals surface area contributed by atoms with E-state index in [1.807, 2.05) is 44.2 Å². The van der Waals surface area contributed by atoms with E-state index in [0.29, 0.717) is 53.5 Å². The maximum atomic E-state index is 13.1. The van der Waals surface area contributed by atoms with Gasteiger partial charge in [0.05, 0.1) is 84.7 Å². The molecule has 8 amide bonds. The number of halogens is 21. The normalized spacial score (nSPS) is 10.8. The summed E-state index contributed by atoms with van der Waals surface area (Å²) in [7, 11) is 0. The molecule has 0 saturated carbocycles. The zero-order valence-corrected chi connectivity index (χ0v) is 79.4. The van der Waals surface area contributed by atoms with Crippen LogP contribution in [0.3, 0.4) is 0 Å². The standard InChI is InChI=1S/C13H14ClF3N2O2.C13H14F4N2O2.C11H10ClF3N2O2.C11H13ClN2O2.C11H10F4N2O2.C11H11F3N2O3.C11H13FN2O2.C11H14N2O2/c2*14-11-3-1-8(5-10(11)13(15,16)17)7-19-12(21)4-2-9(20)6-18;12-8-2-1-6(3-7(8)11(13,14)15)5-17-10(19)9(18)4-16;1-7-4-9(12)3-2-8(7)6-14-11(16)10(15)5-13;12-8-2-1-6(3-7(8)11(13,14)15)5-17-10(19)9(18)4-16;12-11(13,14)19-8-3-1-2-7(4-8)6-16-10(18)9(17)5-15;1-7-4-8(2-3-9(7)12)6-14-11(16)10(15)5-13;1-8-2-4-9(5-3-8)7-13-11(15)10(14)6-12/h2*1,3,5H,2,4,6-7,18H2,(H,19,21);1-3H,4-5,16H2,(H,17,19);2-4H,5-6,13H2,1H3,(H,14,16);1-3H,4-5,16H2,(H,17,19);1-4H,5-6,15H2,(H,16,18);2-4H,5-6,13H2,1H3,(H,14,16);2-5H,6-7,12H2,1H3,(H,13,15).